The second kappa shape index (κ2) is 2.93. The number of fused-ring (bicyclic) bond motifs is 1. The monoisotopic (exact) mass is 205 g/mol. The van der Waals surface area contributed by atoms with E-state index in [0.29, 0.717) is 12.1 Å². The summed E-state index contributed by atoms with van der Waals surface area (Å²) in [6, 6.07) is 1.80. The lowest BCUT2D eigenvalue weighted by atomic mass is 10.4. The van der Waals surface area contributed by atoms with Crippen LogP contribution in [0.2, 0.25) is 0 Å². The topological polar surface area (TPSA) is 51.8 Å². The van der Waals surface area contributed by atoms with Crippen LogP contribution >= 0.6 is 0 Å². The summed E-state index contributed by atoms with van der Waals surface area (Å²) in [6.45, 7) is 3.27. The van der Waals surface area contributed by atoms with Crippen molar-refractivity contribution < 1.29 is 4.74 Å². The molecule has 2 aromatic rings. The third kappa shape index (κ3) is 1.45. The number of hydrogen-bond acceptors (Lipinski definition) is 3. The van der Waals surface area contributed by atoms with Crippen LogP contribution in [0.1, 0.15) is 5.69 Å². The fraction of sp³-hybridized carbons (Fsp3) is 0.400. The Balaban J connectivity index is 2.15. The van der Waals surface area contributed by atoms with Crippen LogP contribution in [-0.2, 0) is 11.3 Å². The van der Waals surface area contributed by atoms with Gasteiger partial charge in [-0.05, 0) is 13.0 Å². The summed E-state index contributed by atoms with van der Waals surface area (Å²) in [5.74, 6) is 0. The van der Waals surface area contributed by atoms with Gasteiger partial charge in [0.2, 0.25) is 0 Å². The summed E-state index contributed by atoms with van der Waals surface area (Å²) in [7, 11) is 0. The van der Waals surface area contributed by atoms with E-state index in [0.717, 1.165) is 12.3 Å². The molecule has 0 bridgehead atoms. The number of rotatable bonds is 2. The van der Waals surface area contributed by atoms with Crippen LogP contribution in [0, 0.1) is 6.92 Å². The Morgan fingerprint density at radius 1 is 1.60 bits per heavy atom. The fourth-order valence-corrected chi connectivity index (χ4v) is 1.69. The molecule has 0 aromatic carbocycles. The van der Waals surface area contributed by atoms with Crippen molar-refractivity contribution in [2.75, 3.05) is 6.61 Å². The van der Waals surface area contributed by atoms with Gasteiger partial charge < -0.3 is 9.30 Å². The Bertz CT molecular complexity index is 566. The lowest BCUT2D eigenvalue weighted by Crippen LogP contribution is -2.23. The molecule has 0 aliphatic carbocycles. The smallest absolute Gasteiger partial charge is 0.276 e. The zero-order valence-electron chi connectivity index (χ0n) is 8.38. The first-order chi connectivity index (χ1) is 7.24. The molecule has 3 heterocycles. The Morgan fingerprint density at radius 2 is 2.40 bits per heavy atom. The Labute approximate surface area is 85.9 Å². The van der Waals surface area contributed by atoms with E-state index in [4.69, 9.17) is 4.74 Å². The van der Waals surface area contributed by atoms with Crippen LogP contribution in [0.5, 0.6) is 0 Å². The van der Waals surface area contributed by atoms with Crippen molar-refractivity contribution in [3.8, 4) is 0 Å². The van der Waals surface area contributed by atoms with E-state index in [9.17, 15) is 4.79 Å². The molecule has 0 saturated carbocycles. The Morgan fingerprint density at radius 3 is 3.13 bits per heavy atom. The fourth-order valence-electron chi connectivity index (χ4n) is 1.69. The van der Waals surface area contributed by atoms with E-state index in [-0.39, 0.29) is 11.7 Å². The summed E-state index contributed by atoms with van der Waals surface area (Å²) in [5, 5.41) is 4.18. The number of hydrogen-bond donors (Lipinski definition) is 0. The molecule has 1 aliphatic rings. The first kappa shape index (κ1) is 8.67. The molecule has 5 nitrogen and oxygen atoms in total. The van der Waals surface area contributed by atoms with Gasteiger partial charge in [-0.15, -0.1) is 0 Å². The van der Waals surface area contributed by atoms with Gasteiger partial charge in [-0.25, -0.2) is 4.52 Å². The lowest BCUT2D eigenvalue weighted by molar-refractivity contribution is 0.380. The van der Waals surface area contributed by atoms with Crippen molar-refractivity contribution in [2.45, 2.75) is 19.6 Å². The summed E-state index contributed by atoms with van der Waals surface area (Å²) in [4.78, 5) is 12.0. The van der Waals surface area contributed by atoms with E-state index >= 15 is 0 Å². The van der Waals surface area contributed by atoms with Gasteiger partial charge >= 0.3 is 0 Å². The van der Waals surface area contributed by atoms with Crippen LogP contribution in [-0.4, -0.2) is 26.9 Å². The van der Waals surface area contributed by atoms with Gasteiger partial charge in [0.25, 0.3) is 5.56 Å². The average Bonchev–Trinajstić information content (AvgIpc) is 2.93. The minimum Gasteiger partial charge on any atom is -0.371 e. The maximum atomic E-state index is 12.0. The normalized spacial score (nSPS) is 19.7. The molecule has 78 valence electrons. The zero-order valence-corrected chi connectivity index (χ0v) is 8.38. The van der Waals surface area contributed by atoms with E-state index in [2.05, 4.69) is 5.10 Å². The predicted molar refractivity (Wildman–Crippen MR) is 53.9 cm³/mol. The SMILES string of the molecule is Cc1cc2c(=O)n(CC3CO3)ccn2n1. The van der Waals surface area contributed by atoms with Gasteiger partial charge in [0, 0.05) is 12.4 Å². The highest BCUT2D eigenvalue weighted by atomic mass is 16.6. The molecule has 3 rings (SSSR count). The summed E-state index contributed by atoms with van der Waals surface area (Å²) < 4.78 is 8.39. The van der Waals surface area contributed by atoms with Crippen molar-refractivity contribution in [3.05, 3.63) is 34.5 Å². The van der Waals surface area contributed by atoms with E-state index in [1.54, 1.807) is 27.5 Å². The summed E-state index contributed by atoms with van der Waals surface area (Å²) in [5.41, 5.74) is 1.47. The first-order valence-corrected chi connectivity index (χ1v) is 4.91. The molecule has 5 heteroatoms. The van der Waals surface area contributed by atoms with Gasteiger partial charge in [-0.1, -0.05) is 0 Å². The van der Waals surface area contributed by atoms with Crippen LogP contribution in [0.25, 0.3) is 5.52 Å². The molecule has 15 heavy (non-hydrogen) atoms. The van der Waals surface area contributed by atoms with Crippen molar-refractivity contribution in [3.63, 3.8) is 0 Å². The van der Waals surface area contributed by atoms with Crippen LogP contribution in [0.15, 0.2) is 23.3 Å². The number of aromatic nitrogens is 3. The predicted octanol–water partition coefficient (Wildman–Crippen LogP) is 0.203. The lowest BCUT2D eigenvalue weighted by Gasteiger charge is -2.02. The maximum Gasteiger partial charge on any atom is 0.276 e. The molecule has 1 aliphatic heterocycles. The third-order valence-electron chi connectivity index (χ3n) is 2.53. The van der Waals surface area contributed by atoms with Crippen molar-refractivity contribution in [1.82, 2.24) is 14.2 Å². The van der Waals surface area contributed by atoms with Crippen LogP contribution in [0.3, 0.4) is 0 Å². The highest BCUT2D eigenvalue weighted by Crippen LogP contribution is 2.10. The van der Waals surface area contributed by atoms with Crippen molar-refractivity contribution in [1.29, 1.82) is 0 Å². The highest BCUT2D eigenvalue weighted by Gasteiger charge is 2.23. The number of epoxide rings is 1. The molecule has 1 unspecified atom stereocenters. The summed E-state index contributed by atoms with van der Waals surface area (Å²) >= 11 is 0. The van der Waals surface area contributed by atoms with Crippen LogP contribution in [0.4, 0.5) is 0 Å². The minimum atomic E-state index is -0.00593. The van der Waals surface area contributed by atoms with E-state index in [1.807, 2.05) is 6.92 Å². The Hall–Kier alpha value is -1.62. The van der Waals surface area contributed by atoms with Crippen LogP contribution < -0.4 is 5.56 Å². The summed E-state index contributed by atoms with van der Waals surface area (Å²) in [6.07, 6.45) is 3.77. The standard InChI is InChI=1S/C10H11N3O2/c1-7-4-9-10(14)12(5-8-6-15-8)2-3-13(9)11-7/h2-4,8H,5-6H2,1H3. The molecular weight excluding hydrogens is 194 g/mol. The van der Waals surface area contributed by atoms with Gasteiger partial charge in [-0.2, -0.15) is 5.10 Å². The molecule has 1 saturated heterocycles. The molecule has 0 N–H and O–H groups in total. The first-order valence-electron chi connectivity index (χ1n) is 4.91. The molecule has 0 radical (unpaired) electrons. The highest BCUT2D eigenvalue weighted by molar-refractivity contribution is 5.44. The number of ether oxygens (including phenoxy) is 1. The van der Waals surface area contributed by atoms with Gasteiger partial charge in [-0.3, -0.25) is 4.79 Å². The molecular formula is C10H11N3O2. The zero-order chi connectivity index (χ0) is 10.4. The van der Waals surface area contributed by atoms with Crippen molar-refractivity contribution in [2.24, 2.45) is 0 Å². The number of aryl methyl sites for hydroxylation is 1. The van der Waals surface area contributed by atoms with E-state index < -0.39 is 0 Å². The number of nitrogens with zero attached hydrogens (tertiary/aromatic N) is 3. The molecule has 1 atom stereocenters. The van der Waals surface area contributed by atoms with Crippen molar-refractivity contribution >= 4 is 5.52 Å². The quantitative estimate of drug-likeness (QED) is 0.658. The maximum absolute atomic E-state index is 12.0. The molecule has 2 aromatic heterocycles. The second-order valence-corrected chi connectivity index (χ2v) is 3.83. The Kier molecular flexibility index (Phi) is 1.70. The average molecular weight is 205 g/mol. The minimum absolute atomic E-state index is 0.00593. The second-order valence-electron chi connectivity index (χ2n) is 3.83. The third-order valence-corrected chi connectivity index (χ3v) is 2.53. The molecule has 0 amide bonds. The largest absolute Gasteiger partial charge is 0.371 e. The van der Waals surface area contributed by atoms with E-state index in [1.165, 1.54) is 0 Å². The molecule has 1 fully saturated rings. The molecule has 0 spiro atoms. The van der Waals surface area contributed by atoms with Gasteiger partial charge in [0.05, 0.1) is 24.9 Å². The van der Waals surface area contributed by atoms with Gasteiger partial charge in [0.15, 0.2) is 0 Å². The van der Waals surface area contributed by atoms with Gasteiger partial charge in [0.1, 0.15) is 5.52 Å².